The van der Waals surface area contributed by atoms with Crippen molar-refractivity contribution in [2.24, 2.45) is 0 Å². The molecule has 0 aliphatic rings. The first kappa shape index (κ1) is 13.9. The third-order valence-electron chi connectivity index (χ3n) is 1.43. The molecule has 0 aliphatic heterocycles. The zero-order valence-electron chi connectivity index (χ0n) is 7.34. The van der Waals surface area contributed by atoms with Crippen molar-refractivity contribution in [3.63, 3.8) is 0 Å². The molecular formula is C7H8LaO5S. The molecule has 5 nitrogen and oxygen atoms in total. The van der Waals surface area contributed by atoms with Crippen LogP contribution < -0.4 is 4.74 Å². The average molecular weight is 343 g/mol. The van der Waals surface area contributed by atoms with Gasteiger partial charge in [0, 0.05) is 41.7 Å². The number of hydrogen-bond donors (Lipinski definition) is 2. The van der Waals surface area contributed by atoms with E-state index in [-0.39, 0.29) is 47.1 Å². The molecule has 0 fully saturated rings. The summed E-state index contributed by atoms with van der Waals surface area (Å²) in [6.45, 7) is 0. The van der Waals surface area contributed by atoms with Crippen LogP contribution in [0.15, 0.2) is 23.1 Å². The fraction of sp³-hybridized carbons (Fsp3) is 0.143. The van der Waals surface area contributed by atoms with E-state index in [1.807, 2.05) is 0 Å². The van der Waals surface area contributed by atoms with Crippen LogP contribution >= 0.6 is 0 Å². The van der Waals surface area contributed by atoms with Gasteiger partial charge in [-0.05, 0) is 12.1 Å². The zero-order valence-corrected chi connectivity index (χ0v) is 11.8. The van der Waals surface area contributed by atoms with Gasteiger partial charge in [-0.2, -0.15) is 8.42 Å². The number of phenolic OH excluding ortho intramolecular Hbond substituents is 1. The molecule has 1 aromatic rings. The van der Waals surface area contributed by atoms with Crippen molar-refractivity contribution in [3.8, 4) is 11.5 Å². The number of ether oxygens (including phenoxy) is 1. The Kier molecular flexibility index (Phi) is 5.10. The third kappa shape index (κ3) is 3.25. The largest absolute Gasteiger partial charge is 0.508 e. The normalized spacial score (nSPS) is 10.4. The molecule has 0 unspecified atom stereocenters. The van der Waals surface area contributed by atoms with Gasteiger partial charge in [0.2, 0.25) is 0 Å². The molecule has 0 bridgehead atoms. The quantitative estimate of drug-likeness (QED) is 0.771. The van der Waals surface area contributed by atoms with E-state index >= 15 is 0 Å². The summed E-state index contributed by atoms with van der Waals surface area (Å²) >= 11 is 0. The maximum Gasteiger partial charge on any atom is 0.298 e. The van der Waals surface area contributed by atoms with Gasteiger partial charge in [0.05, 0.1) is 7.11 Å². The van der Waals surface area contributed by atoms with Crippen LogP contribution in [-0.2, 0) is 10.1 Å². The minimum Gasteiger partial charge on any atom is -0.508 e. The van der Waals surface area contributed by atoms with Crippen LogP contribution in [-0.4, -0.2) is 25.2 Å². The summed E-state index contributed by atoms with van der Waals surface area (Å²) in [5, 5.41) is 8.97. The molecule has 1 rings (SSSR count). The second kappa shape index (κ2) is 5.13. The van der Waals surface area contributed by atoms with Gasteiger partial charge in [0.25, 0.3) is 10.1 Å². The van der Waals surface area contributed by atoms with Crippen LogP contribution in [0.25, 0.3) is 0 Å². The van der Waals surface area contributed by atoms with Gasteiger partial charge in [0.15, 0.2) is 0 Å². The Morgan fingerprint density at radius 2 is 1.93 bits per heavy atom. The fourth-order valence-electron chi connectivity index (χ4n) is 0.867. The monoisotopic (exact) mass is 343 g/mol. The molecule has 0 atom stereocenters. The van der Waals surface area contributed by atoms with Crippen LogP contribution in [0, 0.1) is 35.6 Å². The molecule has 0 amide bonds. The Hall–Kier alpha value is -0.0752. The maximum atomic E-state index is 10.7. The van der Waals surface area contributed by atoms with E-state index in [1.54, 1.807) is 0 Å². The summed E-state index contributed by atoms with van der Waals surface area (Å²) in [5.74, 6) is -0.270. The number of aromatic hydroxyl groups is 1. The van der Waals surface area contributed by atoms with Gasteiger partial charge in [-0.25, -0.2) is 0 Å². The number of benzene rings is 1. The molecule has 0 heterocycles. The third-order valence-corrected chi connectivity index (χ3v) is 2.30. The van der Waals surface area contributed by atoms with Gasteiger partial charge in [-0.1, -0.05) is 0 Å². The average Bonchev–Trinajstić information content (AvgIpc) is 2.03. The van der Waals surface area contributed by atoms with Crippen molar-refractivity contribution in [2.45, 2.75) is 4.90 Å². The van der Waals surface area contributed by atoms with E-state index in [9.17, 15) is 8.42 Å². The minimum absolute atomic E-state index is 0. The van der Waals surface area contributed by atoms with E-state index in [4.69, 9.17) is 9.66 Å². The smallest absolute Gasteiger partial charge is 0.298 e. The molecular weight excluding hydrogens is 335 g/mol. The molecule has 2 N–H and O–H groups in total. The molecule has 75 valence electrons. The predicted octanol–water partition coefficient (Wildman–Crippen LogP) is 0.648. The van der Waals surface area contributed by atoms with Crippen molar-refractivity contribution in [2.75, 3.05) is 7.11 Å². The summed E-state index contributed by atoms with van der Waals surface area (Å²) < 4.78 is 34.8. The number of hydrogen-bond acceptors (Lipinski definition) is 4. The first-order valence-electron chi connectivity index (χ1n) is 3.29. The Morgan fingerprint density at radius 3 is 2.36 bits per heavy atom. The summed E-state index contributed by atoms with van der Waals surface area (Å²) in [4.78, 5) is -0.449. The van der Waals surface area contributed by atoms with E-state index in [0.29, 0.717) is 0 Å². The van der Waals surface area contributed by atoms with Gasteiger partial charge < -0.3 is 9.84 Å². The second-order valence-electron chi connectivity index (χ2n) is 2.31. The van der Waals surface area contributed by atoms with E-state index < -0.39 is 15.0 Å². The summed E-state index contributed by atoms with van der Waals surface area (Å²) in [6, 6.07) is 3.42. The molecule has 1 radical (unpaired) electrons. The van der Waals surface area contributed by atoms with E-state index in [1.165, 1.54) is 19.2 Å². The Labute approximate surface area is 109 Å². The number of phenols is 1. The fourth-order valence-corrected chi connectivity index (χ4v) is 1.54. The molecule has 0 saturated heterocycles. The Bertz CT molecular complexity index is 414. The van der Waals surface area contributed by atoms with Crippen LogP contribution in [0.4, 0.5) is 0 Å². The van der Waals surface area contributed by atoms with Crippen LogP contribution in [0.1, 0.15) is 0 Å². The summed E-state index contributed by atoms with van der Waals surface area (Å²) in [5.41, 5.74) is 0. The molecule has 0 aromatic heterocycles. The molecule has 14 heavy (non-hydrogen) atoms. The minimum atomic E-state index is -4.35. The second-order valence-corrected chi connectivity index (χ2v) is 3.70. The summed E-state index contributed by atoms with van der Waals surface area (Å²) in [6.07, 6.45) is 0. The predicted molar refractivity (Wildman–Crippen MR) is 44.5 cm³/mol. The molecule has 0 aliphatic carbocycles. The van der Waals surface area contributed by atoms with E-state index in [0.717, 1.165) is 6.07 Å². The van der Waals surface area contributed by atoms with Gasteiger partial charge >= 0.3 is 0 Å². The maximum absolute atomic E-state index is 10.7. The zero-order chi connectivity index (χ0) is 10.1. The van der Waals surface area contributed by atoms with E-state index in [2.05, 4.69) is 4.74 Å². The Morgan fingerprint density at radius 1 is 1.36 bits per heavy atom. The van der Waals surface area contributed by atoms with Crippen LogP contribution in [0.2, 0.25) is 0 Å². The number of rotatable bonds is 2. The molecule has 0 spiro atoms. The summed E-state index contributed by atoms with van der Waals surface area (Å²) in [7, 11) is -3.09. The van der Waals surface area contributed by atoms with Crippen molar-refractivity contribution in [3.05, 3.63) is 18.2 Å². The SMILES string of the molecule is COc1ccc(O)cc1S(=O)(=O)O.[La]. The van der Waals surface area contributed by atoms with Crippen molar-refractivity contribution in [1.82, 2.24) is 0 Å². The standard InChI is InChI=1S/C7H8O5S.La/c1-12-6-3-2-5(8)4-7(6)13(9,10)11;/h2-4,8H,1H3,(H,9,10,11);. The number of methoxy groups -OCH3 is 1. The first-order valence-corrected chi connectivity index (χ1v) is 4.73. The van der Waals surface area contributed by atoms with Crippen molar-refractivity contribution in [1.29, 1.82) is 0 Å². The van der Waals surface area contributed by atoms with Crippen LogP contribution in [0.3, 0.4) is 0 Å². The first-order chi connectivity index (χ1) is 5.95. The van der Waals surface area contributed by atoms with Crippen LogP contribution in [0.5, 0.6) is 11.5 Å². The molecule has 7 heteroatoms. The van der Waals surface area contributed by atoms with Gasteiger partial charge in [-0.3, -0.25) is 4.55 Å². The van der Waals surface area contributed by atoms with Crippen molar-refractivity contribution < 1.29 is 58.4 Å². The van der Waals surface area contributed by atoms with Crippen molar-refractivity contribution >= 4 is 10.1 Å². The van der Waals surface area contributed by atoms with Gasteiger partial charge in [0.1, 0.15) is 16.4 Å². The van der Waals surface area contributed by atoms with Gasteiger partial charge in [-0.15, -0.1) is 0 Å². The Balaban J connectivity index is 0.00000169. The molecule has 1 aromatic carbocycles. The topological polar surface area (TPSA) is 83.8 Å². The molecule has 0 saturated carbocycles.